The molecule has 4 N–H and O–H groups in total. The fourth-order valence-electron chi connectivity index (χ4n) is 2.83. The van der Waals surface area contributed by atoms with Crippen LogP contribution < -0.4 is 11.1 Å². The molecule has 0 spiro atoms. The number of rotatable bonds is 8. The molecule has 1 saturated carbocycles. The molecule has 0 radical (unpaired) electrons. The Labute approximate surface area is 106 Å². The van der Waals surface area contributed by atoms with Crippen molar-refractivity contribution in [3.8, 4) is 0 Å². The summed E-state index contributed by atoms with van der Waals surface area (Å²) in [6.45, 7) is 4.49. The zero-order chi connectivity index (χ0) is 12.5. The number of unbranched alkanes of at least 4 members (excludes halogenated alkanes) is 2. The smallest absolute Gasteiger partial charge is 0.0431 e. The third kappa shape index (κ3) is 5.84. The van der Waals surface area contributed by atoms with Gasteiger partial charge in [0.05, 0.1) is 0 Å². The normalized spacial score (nSPS) is 27.0. The average molecular weight is 242 g/mol. The minimum absolute atomic E-state index is 0.320. The summed E-state index contributed by atoms with van der Waals surface area (Å²) >= 11 is 0. The molecule has 1 aliphatic carbocycles. The molecule has 0 aliphatic heterocycles. The Bertz CT molecular complexity index is 179. The Kier molecular flexibility index (Phi) is 7.82. The van der Waals surface area contributed by atoms with Gasteiger partial charge in [0, 0.05) is 19.2 Å². The predicted molar refractivity (Wildman–Crippen MR) is 72.9 cm³/mol. The molecule has 0 saturated heterocycles. The van der Waals surface area contributed by atoms with Gasteiger partial charge in [-0.25, -0.2) is 0 Å². The minimum atomic E-state index is 0.320. The van der Waals surface area contributed by atoms with Crippen LogP contribution >= 0.6 is 0 Å². The van der Waals surface area contributed by atoms with E-state index in [4.69, 9.17) is 10.8 Å². The fraction of sp³-hybridized carbons (Fsp3) is 1.00. The lowest BCUT2D eigenvalue weighted by molar-refractivity contribution is 0.231. The summed E-state index contributed by atoms with van der Waals surface area (Å²) in [5.41, 5.74) is 5.88. The number of hydrogen-bond donors (Lipinski definition) is 3. The largest absolute Gasteiger partial charge is 0.396 e. The van der Waals surface area contributed by atoms with Gasteiger partial charge in [-0.15, -0.1) is 0 Å². The number of aliphatic hydroxyl groups is 1. The predicted octanol–water partition coefficient (Wildman–Crippen LogP) is 1.89. The topological polar surface area (TPSA) is 58.3 Å². The molecule has 1 rings (SSSR count). The maximum absolute atomic E-state index is 8.71. The number of hydrogen-bond acceptors (Lipinski definition) is 3. The molecule has 1 fully saturated rings. The van der Waals surface area contributed by atoms with Crippen LogP contribution in [0.5, 0.6) is 0 Å². The zero-order valence-corrected chi connectivity index (χ0v) is 11.3. The van der Waals surface area contributed by atoms with Gasteiger partial charge in [0.1, 0.15) is 0 Å². The molecular formula is C14H30N2O. The van der Waals surface area contributed by atoms with Crippen LogP contribution in [0.4, 0.5) is 0 Å². The lowest BCUT2D eigenvalue weighted by atomic mass is 9.79. The van der Waals surface area contributed by atoms with E-state index in [2.05, 4.69) is 12.2 Å². The Morgan fingerprint density at radius 3 is 2.47 bits per heavy atom. The van der Waals surface area contributed by atoms with E-state index in [9.17, 15) is 0 Å². The fourth-order valence-corrected chi connectivity index (χ4v) is 2.83. The van der Waals surface area contributed by atoms with E-state index in [1.54, 1.807) is 0 Å². The molecule has 3 heteroatoms. The number of aliphatic hydroxyl groups excluding tert-OH is 1. The van der Waals surface area contributed by atoms with E-state index in [0.717, 1.165) is 44.2 Å². The molecule has 0 aromatic carbocycles. The Morgan fingerprint density at radius 2 is 1.88 bits per heavy atom. The molecule has 1 atom stereocenters. The van der Waals surface area contributed by atoms with E-state index in [0.29, 0.717) is 12.6 Å². The second kappa shape index (κ2) is 8.90. The number of nitrogens with two attached hydrogens (primary N) is 1. The van der Waals surface area contributed by atoms with Crippen LogP contribution in [0.1, 0.15) is 51.9 Å². The van der Waals surface area contributed by atoms with Crippen LogP contribution in [0.2, 0.25) is 0 Å². The first kappa shape index (κ1) is 14.9. The van der Waals surface area contributed by atoms with Crippen LogP contribution in [-0.4, -0.2) is 30.8 Å². The van der Waals surface area contributed by atoms with Crippen LogP contribution in [0, 0.1) is 11.8 Å². The third-order valence-electron chi connectivity index (χ3n) is 4.12. The van der Waals surface area contributed by atoms with E-state index in [1.807, 2.05) is 0 Å². The van der Waals surface area contributed by atoms with Gasteiger partial charge in [0.2, 0.25) is 0 Å². The second-order valence-electron chi connectivity index (χ2n) is 5.60. The molecule has 0 aromatic rings. The third-order valence-corrected chi connectivity index (χ3v) is 4.12. The number of nitrogens with one attached hydrogen (secondary N) is 1. The highest BCUT2D eigenvalue weighted by Gasteiger charge is 2.24. The standard InChI is InChI=1S/C14H30N2O/c1-12-5-7-13(8-6-12)14(11-15)16-9-3-2-4-10-17/h12-14,16-17H,2-11,15H2,1H3. The molecule has 3 nitrogen and oxygen atoms in total. The van der Waals surface area contributed by atoms with Crippen LogP contribution in [0.25, 0.3) is 0 Å². The summed E-state index contributed by atoms with van der Waals surface area (Å²) in [7, 11) is 0. The van der Waals surface area contributed by atoms with Crippen molar-refractivity contribution in [3.63, 3.8) is 0 Å². The van der Waals surface area contributed by atoms with Crippen LogP contribution in [-0.2, 0) is 0 Å². The SMILES string of the molecule is CC1CCC(C(CN)NCCCCCO)CC1. The first-order valence-electron chi connectivity index (χ1n) is 7.32. The van der Waals surface area contributed by atoms with Crippen molar-refractivity contribution >= 4 is 0 Å². The van der Waals surface area contributed by atoms with E-state index < -0.39 is 0 Å². The molecule has 102 valence electrons. The van der Waals surface area contributed by atoms with E-state index >= 15 is 0 Å². The van der Waals surface area contributed by atoms with Crippen molar-refractivity contribution in [1.82, 2.24) is 5.32 Å². The Balaban J connectivity index is 2.14. The maximum atomic E-state index is 8.71. The average Bonchev–Trinajstić information content (AvgIpc) is 2.35. The van der Waals surface area contributed by atoms with Gasteiger partial charge in [-0.2, -0.15) is 0 Å². The minimum Gasteiger partial charge on any atom is -0.396 e. The second-order valence-corrected chi connectivity index (χ2v) is 5.60. The van der Waals surface area contributed by atoms with Crippen molar-refractivity contribution in [2.24, 2.45) is 17.6 Å². The highest BCUT2D eigenvalue weighted by Crippen LogP contribution is 2.30. The summed E-state index contributed by atoms with van der Waals surface area (Å²) in [4.78, 5) is 0. The van der Waals surface area contributed by atoms with Crippen molar-refractivity contribution in [2.75, 3.05) is 19.7 Å². The van der Waals surface area contributed by atoms with Crippen LogP contribution in [0.3, 0.4) is 0 Å². The summed E-state index contributed by atoms with van der Waals surface area (Å²) in [6, 6.07) is 0.511. The summed E-state index contributed by atoms with van der Waals surface area (Å²) in [5, 5.41) is 12.3. The Morgan fingerprint density at radius 1 is 1.18 bits per heavy atom. The van der Waals surface area contributed by atoms with Crippen molar-refractivity contribution in [2.45, 2.75) is 57.9 Å². The van der Waals surface area contributed by atoms with Crippen LogP contribution in [0.15, 0.2) is 0 Å². The summed E-state index contributed by atoms with van der Waals surface area (Å²) < 4.78 is 0. The molecule has 1 aliphatic rings. The highest BCUT2D eigenvalue weighted by atomic mass is 16.2. The van der Waals surface area contributed by atoms with Crippen molar-refractivity contribution < 1.29 is 5.11 Å². The van der Waals surface area contributed by atoms with Crippen molar-refractivity contribution in [3.05, 3.63) is 0 Å². The van der Waals surface area contributed by atoms with Gasteiger partial charge in [-0.3, -0.25) is 0 Å². The van der Waals surface area contributed by atoms with Gasteiger partial charge in [-0.05, 0) is 50.5 Å². The molecule has 17 heavy (non-hydrogen) atoms. The maximum Gasteiger partial charge on any atom is 0.0431 e. The van der Waals surface area contributed by atoms with Gasteiger partial charge >= 0.3 is 0 Å². The summed E-state index contributed by atoms with van der Waals surface area (Å²) in [5.74, 6) is 1.70. The van der Waals surface area contributed by atoms with E-state index in [1.165, 1.54) is 25.7 Å². The van der Waals surface area contributed by atoms with Gasteiger partial charge in [0.15, 0.2) is 0 Å². The van der Waals surface area contributed by atoms with Gasteiger partial charge in [-0.1, -0.05) is 19.8 Å². The molecule has 1 unspecified atom stereocenters. The van der Waals surface area contributed by atoms with E-state index in [-0.39, 0.29) is 0 Å². The molecule has 0 aromatic heterocycles. The first-order valence-corrected chi connectivity index (χ1v) is 7.32. The molecule has 0 amide bonds. The quantitative estimate of drug-likeness (QED) is 0.570. The highest BCUT2D eigenvalue weighted by molar-refractivity contribution is 4.81. The lowest BCUT2D eigenvalue weighted by Crippen LogP contribution is -2.43. The molecule has 0 heterocycles. The monoisotopic (exact) mass is 242 g/mol. The zero-order valence-electron chi connectivity index (χ0n) is 11.3. The first-order chi connectivity index (χ1) is 8.27. The van der Waals surface area contributed by atoms with Gasteiger partial charge in [0.25, 0.3) is 0 Å². The van der Waals surface area contributed by atoms with Crippen molar-refractivity contribution in [1.29, 1.82) is 0 Å². The summed E-state index contributed by atoms with van der Waals surface area (Å²) in [6.07, 6.45) is 8.61. The molecule has 0 bridgehead atoms. The van der Waals surface area contributed by atoms with Gasteiger partial charge < -0.3 is 16.2 Å². The molecular weight excluding hydrogens is 212 g/mol. The Hall–Kier alpha value is -0.120. The lowest BCUT2D eigenvalue weighted by Gasteiger charge is -2.32.